The third-order valence-electron chi connectivity index (χ3n) is 5.64. The smallest absolute Gasteiger partial charge is 0.407 e. The van der Waals surface area contributed by atoms with Crippen LogP contribution >= 0.6 is 0 Å². The van der Waals surface area contributed by atoms with Gasteiger partial charge in [0.1, 0.15) is 12.6 Å². The third kappa shape index (κ3) is 6.06. The number of alkyl carbamates (subject to hydrolysis) is 1. The van der Waals surface area contributed by atoms with Crippen LogP contribution in [0, 0.1) is 0 Å². The highest BCUT2D eigenvalue weighted by Crippen LogP contribution is 2.44. The zero-order chi connectivity index (χ0) is 24.0. The van der Waals surface area contributed by atoms with E-state index in [1.807, 2.05) is 53.8 Å². The molecule has 2 aromatic rings. The maximum atomic E-state index is 12.9. The van der Waals surface area contributed by atoms with Crippen molar-refractivity contribution < 1.29 is 33.0 Å². The zero-order valence-electron chi connectivity index (χ0n) is 18.1. The van der Waals surface area contributed by atoms with E-state index in [1.165, 1.54) is 0 Å². The maximum Gasteiger partial charge on any atom is 0.407 e. The molecule has 0 radical (unpaired) electrons. The SMILES string of the molecule is CCC(CC(=O)NC(CC(=O)O)C(F)F)NC(=O)OCC1c2ccccc2-c2ccccc21. The Hall–Kier alpha value is -3.49. The number of hydrogen-bond acceptors (Lipinski definition) is 4. The Morgan fingerprint density at radius 1 is 0.970 bits per heavy atom. The van der Waals surface area contributed by atoms with Crippen molar-refractivity contribution in [2.75, 3.05) is 6.61 Å². The van der Waals surface area contributed by atoms with Gasteiger partial charge < -0.3 is 20.5 Å². The van der Waals surface area contributed by atoms with Gasteiger partial charge in [-0.25, -0.2) is 13.6 Å². The van der Waals surface area contributed by atoms with Crippen LogP contribution in [0.4, 0.5) is 13.6 Å². The standard InChI is InChI=1S/C24H26F2N2O5/c1-2-14(11-21(29)28-20(23(25)26)12-22(30)31)27-24(32)33-13-19-17-9-5-3-7-15(17)16-8-4-6-10-18(16)19/h3-10,14,19-20,23H,2,11-13H2,1H3,(H,27,32)(H,28,29)(H,30,31). The van der Waals surface area contributed by atoms with Gasteiger partial charge in [0.25, 0.3) is 6.43 Å². The number of carbonyl (C=O) groups is 3. The first-order chi connectivity index (χ1) is 15.8. The molecule has 0 saturated heterocycles. The average molecular weight is 460 g/mol. The van der Waals surface area contributed by atoms with Crippen molar-refractivity contribution in [1.82, 2.24) is 10.6 Å². The number of alkyl halides is 2. The molecule has 0 aliphatic heterocycles. The van der Waals surface area contributed by atoms with E-state index in [2.05, 4.69) is 5.32 Å². The lowest BCUT2D eigenvalue weighted by atomic mass is 9.98. The van der Waals surface area contributed by atoms with Crippen LogP contribution in [0.2, 0.25) is 0 Å². The molecule has 0 saturated carbocycles. The van der Waals surface area contributed by atoms with Crippen LogP contribution in [0.5, 0.6) is 0 Å². The van der Waals surface area contributed by atoms with Gasteiger partial charge in [0.05, 0.1) is 6.42 Å². The highest BCUT2D eigenvalue weighted by Gasteiger charge is 2.30. The molecule has 0 bridgehead atoms. The lowest BCUT2D eigenvalue weighted by molar-refractivity contribution is -0.139. The first kappa shape index (κ1) is 24.2. The molecule has 0 aromatic heterocycles. The van der Waals surface area contributed by atoms with Crippen LogP contribution in [0.3, 0.4) is 0 Å². The monoisotopic (exact) mass is 460 g/mol. The molecule has 176 valence electrons. The van der Waals surface area contributed by atoms with Crippen molar-refractivity contribution in [2.45, 2.75) is 50.6 Å². The fourth-order valence-electron chi connectivity index (χ4n) is 3.98. The van der Waals surface area contributed by atoms with Crippen LogP contribution < -0.4 is 10.6 Å². The van der Waals surface area contributed by atoms with Gasteiger partial charge in [0, 0.05) is 18.4 Å². The molecule has 3 N–H and O–H groups in total. The van der Waals surface area contributed by atoms with Gasteiger partial charge in [0.15, 0.2) is 0 Å². The van der Waals surface area contributed by atoms with Crippen molar-refractivity contribution in [2.24, 2.45) is 0 Å². The number of carboxylic acids is 1. The second-order valence-corrected chi connectivity index (χ2v) is 7.89. The molecular formula is C24H26F2N2O5. The van der Waals surface area contributed by atoms with E-state index in [0.29, 0.717) is 6.42 Å². The minimum Gasteiger partial charge on any atom is -0.481 e. The van der Waals surface area contributed by atoms with Crippen molar-refractivity contribution >= 4 is 18.0 Å². The predicted molar refractivity (Wildman–Crippen MR) is 117 cm³/mol. The number of nitrogens with one attached hydrogen (secondary N) is 2. The summed E-state index contributed by atoms with van der Waals surface area (Å²) in [6.07, 6.45) is -4.54. The van der Waals surface area contributed by atoms with Crippen molar-refractivity contribution in [3.05, 3.63) is 59.7 Å². The number of rotatable bonds is 10. The number of ether oxygens (including phenoxy) is 1. The molecule has 1 aliphatic carbocycles. The number of benzene rings is 2. The molecule has 2 amide bonds. The van der Waals surface area contributed by atoms with Gasteiger partial charge in [-0.2, -0.15) is 0 Å². The van der Waals surface area contributed by atoms with Crippen LogP contribution in [0.25, 0.3) is 11.1 Å². The van der Waals surface area contributed by atoms with Gasteiger partial charge in [-0.1, -0.05) is 55.5 Å². The Balaban J connectivity index is 1.55. The quantitative estimate of drug-likeness (QED) is 0.499. The van der Waals surface area contributed by atoms with Gasteiger partial charge >= 0.3 is 12.1 Å². The first-order valence-electron chi connectivity index (χ1n) is 10.7. The molecule has 33 heavy (non-hydrogen) atoms. The molecule has 2 atom stereocenters. The van der Waals surface area contributed by atoms with Crippen molar-refractivity contribution in [1.29, 1.82) is 0 Å². The normalized spacial score (nSPS) is 14.2. The van der Waals surface area contributed by atoms with E-state index >= 15 is 0 Å². The number of amides is 2. The first-order valence-corrected chi connectivity index (χ1v) is 10.7. The Labute approximate surface area is 190 Å². The largest absolute Gasteiger partial charge is 0.481 e. The summed E-state index contributed by atoms with van der Waals surface area (Å²) in [6.45, 7) is 1.83. The molecule has 2 aromatic carbocycles. The Kier molecular flexibility index (Phi) is 7.97. The molecule has 7 nitrogen and oxygen atoms in total. The second-order valence-electron chi connectivity index (χ2n) is 7.89. The summed E-state index contributed by atoms with van der Waals surface area (Å²) in [6, 6.07) is 13.4. The van der Waals surface area contributed by atoms with Gasteiger partial charge in [0.2, 0.25) is 5.91 Å². The Bertz CT molecular complexity index is 968. The molecule has 0 heterocycles. The number of hydrogen-bond donors (Lipinski definition) is 3. The van der Waals surface area contributed by atoms with Crippen LogP contribution in [-0.4, -0.2) is 48.2 Å². The molecule has 0 fully saturated rings. The summed E-state index contributed by atoms with van der Waals surface area (Å²) in [5, 5.41) is 13.3. The fraction of sp³-hybridized carbons (Fsp3) is 0.375. The topological polar surface area (TPSA) is 105 Å². The van der Waals surface area contributed by atoms with E-state index in [-0.39, 0.29) is 18.9 Å². The summed E-state index contributed by atoms with van der Waals surface area (Å²) in [5.74, 6) is -2.33. The molecule has 0 spiro atoms. The summed E-state index contributed by atoms with van der Waals surface area (Å²) in [7, 11) is 0. The predicted octanol–water partition coefficient (Wildman–Crippen LogP) is 3.92. The van der Waals surface area contributed by atoms with Crippen LogP contribution in [0.15, 0.2) is 48.5 Å². The van der Waals surface area contributed by atoms with E-state index < -0.39 is 42.9 Å². The average Bonchev–Trinajstić information content (AvgIpc) is 3.10. The Morgan fingerprint density at radius 2 is 1.55 bits per heavy atom. The van der Waals surface area contributed by atoms with E-state index in [0.717, 1.165) is 22.3 Å². The van der Waals surface area contributed by atoms with Crippen LogP contribution in [0.1, 0.15) is 43.2 Å². The summed E-state index contributed by atoms with van der Waals surface area (Å²) in [4.78, 5) is 35.2. The van der Waals surface area contributed by atoms with Crippen molar-refractivity contribution in [3.63, 3.8) is 0 Å². The number of halogens is 2. The number of aliphatic carboxylic acids is 1. The van der Waals surface area contributed by atoms with Gasteiger partial charge in [-0.15, -0.1) is 0 Å². The second kappa shape index (κ2) is 10.9. The highest BCUT2D eigenvalue weighted by molar-refractivity contribution is 5.80. The molecule has 2 unspecified atom stereocenters. The maximum absolute atomic E-state index is 12.9. The molecule has 9 heteroatoms. The van der Waals surface area contributed by atoms with Crippen LogP contribution in [-0.2, 0) is 14.3 Å². The minimum absolute atomic E-state index is 0.106. The molecular weight excluding hydrogens is 434 g/mol. The Morgan fingerprint density at radius 3 is 2.06 bits per heavy atom. The number of carbonyl (C=O) groups excluding carboxylic acids is 2. The van der Waals surface area contributed by atoms with E-state index in [4.69, 9.17) is 9.84 Å². The molecule has 1 aliphatic rings. The zero-order valence-corrected chi connectivity index (χ0v) is 18.1. The van der Waals surface area contributed by atoms with E-state index in [9.17, 15) is 23.2 Å². The number of carboxylic acid groups (broad SMARTS) is 1. The van der Waals surface area contributed by atoms with Gasteiger partial charge in [-0.05, 0) is 28.7 Å². The molecule has 3 rings (SSSR count). The lowest BCUT2D eigenvalue weighted by Crippen LogP contribution is -2.45. The summed E-state index contributed by atoms with van der Waals surface area (Å²) >= 11 is 0. The minimum atomic E-state index is -3.01. The fourth-order valence-corrected chi connectivity index (χ4v) is 3.98. The summed E-state index contributed by atoms with van der Waals surface area (Å²) in [5.41, 5.74) is 4.32. The van der Waals surface area contributed by atoms with Gasteiger partial charge in [-0.3, -0.25) is 9.59 Å². The number of fused-ring (bicyclic) bond motifs is 3. The lowest BCUT2D eigenvalue weighted by Gasteiger charge is -2.20. The van der Waals surface area contributed by atoms with Crippen molar-refractivity contribution in [3.8, 4) is 11.1 Å². The highest BCUT2D eigenvalue weighted by atomic mass is 19.3. The van der Waals surface area contributed by atoms with E-state index in [1.54, 1.807) is 6.92 Å². The third-order valence-corrected chi connectivity index (χ3v) is 5.64. The summed E-state index contributed by atoms with van der Waals surface area (Å²) < 4.78 is 31.3.